The predicted octanol–water partition coefficient (Wildman–Crippen LogP) is 1.43. The van der Waals surface area contributed by atoms with E-state index in [2.05, 4.69) is 0 Å². The lowest BCUT2D eigenvalue weighted by Crippen LogP contribution is -2.15. The third-order valence-corrected chi connectivity index (χ3v) is 3.44. The van der Waals surface area contributed by atoms with E-state index >= 15 is 0 Å². The molecule has 1 unspecified atom stereocenters. The lowest BCUT2D eigenvalue weighted by atomic mass is 10.1. The molecule has 0 saturated heterocycles. The first-order valence-corrected chi connectivity index (χ1v) is 6.54. The van der Waals surface area contributed by atoms with Crippen LogP contribution in [0.2, 0.25) is 0 Å². The van der Waals surface area contributed by atoms with Crippen molar-refractivity contribution in [3.63, 3.8) is 0 Å². The standard InChI is InChI=1S/C12H19NO3S/c1-15-9-3-4-12(16-2)10(7-9)11(13)8-17-6-5-14/h3-4,7,11,14H,5-6,8,13H2,1-2H3. The Morgan fingerprint density at radius 3 is 2.71 bits per heavy atom. The summed E-state index contributed by atoms with van der Waals surface area (Å²) >= 11 is 1.62. The number of aliphatic hydroxyl groups is 1. The Kier molecular flexibility index (Phi) is 6.18. The molecule has 0 aliphatic carbocycles. The van der Waals surface area contributed by atoms with Crippen molar-refractivity contribution in [3.8, 4) is 11.5 Å². The fraction of sp³-hybridized carbons (Fsp3) is 0.500. The zero-order valence-corrected chi connectivity index (χ0v) is 11.0. The fourth-order valence-electron chi connectivity index (χ4n) is 1.49. The molecule has 0 fully saturated rings. The SMILES string of the molecule is COc1ccc(OC)c(C(N)CSCCO)c1. The van der Waals surface area contributed by atoms with Crippen molar-refractivity contribution in [2.75, 3.05) is 32.3 Å². The Morgan fingerprint density at radius 1 is 1.35 bits per heavy atom. The molecule has 4 nitrogen and oxygen atoms in total. The number of aliphatic hydroxyl groups excluding tert-OH is 1. The van der Waals surface area contributed by atoms with E-state index in [1.807, 2.05) is 18.2 Å². The van der Waals surface area contributed by atoms with Gasteiger partial charge in [-0.3, -0.25) is 0 Å². The maximum Gasteiger partial charge on any atom is 0.123 e. The van der Waals surface area contributed by atoms with E-state index in [0.29, 0.717) is 5.75 Å². The number of thioether (sulfide) groups is 1. The van der Waals surface area contributed by atoms with Crippen LogP contribution in [-0.4, -0.2) is 37.4 Å². The average molecular weight is 257 g/mol. The van der Waals surface area contributed by atoms with E-state index in [1.165, 1.54) is 0 Å². The van der Waals surface area contributed by atoms with Crippen LogP contribution in [0.5, 0.6) is 11.5 Å². The summed E-state index contributed by atoms with van der Waals surface area (Å²) in [7, 11) is 3.25. The predicted molar refractivity (Wildman–Crippen MR) is 70.9 cm³/mol. The van der Waals surface area contributed by atoms with Gasteiger partial charge in [-0.25, -0.2) is 0 Å². The van der Waals surface area contributed by atoms with Crippen molar-refractivity contribution < 1.29 is 14.6 Å². The number of nitrogens with two attached hydrogens (primary N) is 1. The van der Waals surface area contributed by atoms with Crippen molar-refractivity contribution in [3.05, 3.63) is 23.8 Å². The van der Waals surface area contributed by atoms with Gasteiger partial charge in [-0.15, -0.1) is 0 Å². The molecule has 5 heteroatoms. The van der Waals surface area contributed by atoms with Gasteiger partial charge >= 0.3 is 0 Å². The number of rotatable bonds is 7. The van der Waals surface area contributed by atoms with Crippen molar-refractivity contribution in [1.82, 2.24) is 0 Å². The van der Waals surface area contributed by atoms with Crippen LogP contribution in [0.25, 0.3) is 0 Å². The van der Waals surface area contributed by atoms with E-state index < -0.39 is 0 Å². The fourth-order valence-corrected chi connectivity index (χ4v) is 2.22. The molecule has 17 heavy (non-hydrogen) atoms. The van der Waals surface area contributed by atoms with Gasteiger partial charge in [-0.1, -0.05) is 0 Å². The molecule has 0 heterocycles. The maximum absolute atomic E-state index is 8.73. The summed E-state index contributed by atoms with van der Waals surface area (Å²) in [5.74, 6) is 2.97. The van der Waals surface area contributed by atoms with Crippen molar-refractivity contribution in [1.29, 1.82) is 0 Å². The number of hydrogen-bond donors (Lipinski definition) is 2. The molecule has 0 spiro atoms. The largest absolute Gasteiger partial charge is 0.497 e. The minimum Gasteiger partial charge on any atom is -0.497 e. The first-order chi connectivity index (χ1) is 8.22. The van der Waals surface area contributed by atoms with Gasteiger partial charge in [-0.2, -0.15) is 11.8 Å². The molecule has 3 N–H and O–H groups in total. The Hall–Kier alpha value is -0.910. The van der Waals surface area contributed by atoms with E-state index in [1.54, 1.807) is 26.0 Å². The van der Waals surface area contributed by atoms with Crippen molar-refractivity contribution >= 4 is 11.8 Å². The minimum absolute atomic E-state index is 0.128. The van der Waals surface area contributed by atoms with Gasteiger partial charge in [0, 0.05) is 23.1 Å². The van der Waals surface area contributed by atoms with Crippen LogP contribution >= 0.6 is 11.8 Å². The molecule has 1 rings (SSSR count). The van der Waals surface area contributed by atoms with Gasteiger partial charge in [0.1, 0.15) is 11.5 Å². The molecule has 0 aromatic heterocycles. The number of ether oxygens (including phenoxy) is 2. The Balaban J connectivity index is 2.78. The lowest BCUT2D eigenvalue weighted by Gasteiger charge is -2.16. The molecule has 96 valence electrons. The second kappa shape index (κ2) is 7.42. The Bertz CT molecular complexity index is 347. The first kappa shape index (κ1) is 14.2. The number of hydrogen-bond acceptors (Lipinski definition) is 5. The highest BCUT2D eigenvalue weighted by Crippen LogP contribution is 2.29. The highest BCUT2D eigenvalue weighted by Gasteiger charge is 2.13. The van der Waals surface area contributed by atoms with Gasteiger partial charge < -0.3 is 20.3 Å². The van der Waals surface area contributed by atoms with Gasteiger partial charge in [0.2, 0.25) is 0 Å². The normalized spacial score (nSPS) is 12.2. The second-order valence-corrected chi connectivity index (χ2v) is 4.66. The summed E-state index contributed by atoms with van der Waals surface area (Å²) in [6.07, 6.45) is 0. The summed E-state index contributed by atoms with van der Waals surface area (Å²) in [6, 6.07) is 5.46. The lowest BCUT2D eigenvalue weighted by molar-refractivity contribution is 0.322. The third kappa shape index (κ3) is 4.11. The zero-order chi connectivity index (χ0) is 12.7. The molecular formula is C12H19NO3S. The molecule has 0 amide bonds. The topological polar surface area (TPSA) is 64.7 Å². The molecule has 0 aliphatic rings. The Labute approximate surface area is 106 Å². The number of benzene rings is 1. The highest BCUT2D eigenvalue weighted by atomic mass is 32.2. The quantitative estimate of drug-likeness (QED) is 0.723. The highest BCUT2D eigenvalue weighted by molar-refractivity contribution is 7.99. The smallest absolute Gasteiger partial charge is 0.123 e. The molecule has 1 atom stereocenters. The van der Waals surface area contributed by atoms with E-state index in [0.717, 1.165) is 22.8 Å². The molecular weight excluding hydrogens is 238 g/mol. The van der Waals surface area contributed by atoms with Gasteiger partial charge in [0.15, 0.2) is 0 Å². The van der Waals surface area contributed by atoms with Crippen molar-refractivity contribution in [2.24, 2.45) is 5.73 Å². The van der Waals surface area contributed by atoms with Gasteiger partial charge in [0.05, 0.1) is 20.8 Å². The number of methoxy groups -OCH3 is 2. The molecule has 0 bridgehead atoms. The van der Waals surface area contributed by atoms with Crippen LogP contribution in [0.4, 0.5) is 0 Å². The summed E-state index contributed by atoms with van der Waals surface area (Å²) in [5, 5.41) is 8.73. The summed E-state index contributed by atoms with van der Waals surface area (Å²) in [6.45, 7) is 0.173. The molecule has 0 aliphatic heterocycles. The van der Waals surface area contributed by atoms with Crippen LogP contribution in [0, 0.1) is 0 Å². The Morgan fingerprint density at radius 2 is 2.12 bits per heavy atom. The van der Waals surface area contributed by atoms with Crippen LogP contribution in [0.1, 0.15) is 11.6 Å². The molecule has 1 aromatic rings. The zero-order valence-electron chi connectivity index (χ0n) is 10.2. The summed E-state index contributed by atoms with van der Waals surface area (Å²) in [5.41, 5.74) is 7.03. The van der Waals surface area contributed by atoms with E-state index in [9.17, 15) is 0 Å². The molecule has 0 saturated carbocycles. The minimum atomic E-state index is -0.128. The molecule has 0 radical (unpaired) electrons. The monoisotopic (exact) mass is 257 g/mol. The van der Waals surface area contributed by atoms with Crippen LogP contribution in [0.3, 0.4) is 0 Å². The van der Waals surface area contributed by atoms with Crippen LogP contribution in [0.15, 0.2) is 18.2 Å². The summed E-state index contributed by atoms with van der Waals surface area (Å²) < 4.78 is 10.5. The third-order valence-electron chi connectivity index (χ3n) is 2.37. The second-order valence-electron chi connectivity index (χ2n) is 3.51. The van der Waals surface area contributed by atoms with E-state index in [-0.39, 0.29) is 12.6 Å². The van der Waals surface area contributed by atoms with Gasteiger partial charge in [0.25, 0.3) is 0 Å². The molecule has 1 aromatic carbocycles. The van der Waals surface area contributed by atoms with E-state index in [4.69, 9.17) is 20.3 Å². The average Bonchev–Trinajstić information content (AvgIpc) is 2.38. The summed E-state index contributed by atoms with van der Waals surface area (Å²) in [4.78, 5) is 0. The van der Waals surface area contributed by atoms with Crippen LogP contribution < -0.4 is 15.2 Å². The first-order valence-electron chi connectivity index (χ1n) is 5.39. The van der Waals surface area contributed by atoms with Crippen LogP contribution in [-0.2, 0) is 0 Å². The van der Waals surface area contributed by atoms with Crippen molar-refractivity contribution in [2.45, 2.75) is 6.04 Å². The maximum atomic E-state index is 8.73. The van der Waals surface area contributed by atoms with Gasteiger partial charge in [-0.05, 0) is 18.2 Å².